The van der Waals surface area contributed by atoms with Crippen LogP contribution in [-0.2, 0) is 4.79 Å². The van der Waals surface area contributed by atoms with Gasteiger partial charge in [-0.25, -0.2) is 4.39 Å². The summed E-state index contributed by atoms with van der Waals surface area (Å²) in [5.41, 5.74) is 1.78. The fraction of sp³-hybridized carbons (Fsp3) is 0.136. The van der Waals surface area contributed by atoms with E-state index in [1.807, 2.05) is 0 Å². The van der Waals surface area contributed by atoms with Crippen molar-refractivity contribution in [1.29, 1.82) is 0 Å². The summed E-state index contributed by atoms with van der Waals surface area (Å²) in [4.78, 5) is 30.9. The van der Waals surface area contributed by atoms with Crippen LogP contribution < -0.4 is 4.90 Å². The Morgan fingerprint density at radius 2 is 1.79 bits per heavy atom. The number of nitrogens with zero attached hydrogens (tertiary/aromatic N) is 2. The largest absolute Gasteiger partial charge is 0.508 e. The van der Waals surface area contributed by atoms with Crippen LogP contribution in [0, 0.1) is 5.82 Å². The zero-order valence-corrected chi connectivity index (χ0v) is 16.1. The molecular weight excluding hydrogens is 391 g/mol. The molecule has 1 fully saturated rings. The summed E-state index contributed by atoms with van der Waals surface area (Å²) in [7, 11) is 0. The number of anilines is 1. The highest BCUT2D eigenvalue weighted by atomic mass is 32.2. The number of Topliss-reactive ketones (excluding diaryl/α,β-unsaturated/α-hetero) is 1. The van der Waals surface area contributed by atoms with E-state index in [0.717, 1.165) is 5.56 Å². The standard InChI is InChI=1S/C22H17FN2O3S/c23-15-6-8-16(9-7-15)25-20(14-4-10-17(26)11-5-14)21(22(25)28)29-13-19(27)18-3-1-2-12-24-18/h1-12,20-21,26H,13H2. The molecule has 0 aliphatic carbocycles. The number of rotatable bonds is 6. The van der Waals surface area contributed by atoms with Crippen LogP contribution in [0.2, 0.25) is 0 Å². The van der Waals surface area contributed by atoms with Crippen molar-refractivity contribution in [2.45, 2.75) is 11.3 Å². The van der Waals surface area contributed by atoms with Crippen LogP contribution in [0.4, 0.5) is 10.1 Å². The molecule has 2 heterocycles. The minimum atomic E-state index is -0.461. The number of halogens is 1. The average molecular weight is 408 g/mol. The van der Waals surface area contributed by atoms with Gasteiger partial charge >= 0.3 is 0 Å². The molecule has 4 rings (SSSR count). The first-order chi connectivity index (χ1) is 14.0. The van der Waals surface area contributed by atoms with Gasteiger partial charge in [-0.3, -0.25) is 14.6 Å². The van der Waals surface area contributed by atoms with Gasteiger partial charge in [-0.05, 0) is 54.1 Å². The van der Waals surface area contributed by atoms with Gasteiger partial charge in [0, 0.05) is 11.9 Å². The monoisotopic (exact) mass is 408 g/mol. The summed E-state index contributed by atoms with van der Waals surface area (Å²) in [5.74, 6) is -0.419. The van der Waals surface area contributed by atoms with Crippen LogP contribution in [0.3, 0.4) is 0 Å². The van der Waals surface area contributed by atoms with Gasteiger partial charge in [0.25, 0.3) is 0 Å². The van der Waals surface area contributed by atoms with Gasteiger partial charge in [0.15, 0.2) is 5.78 Å². The maximum Gasteiger partial charge on any atom is 0.243 e. The first-order valence-corrected chi connectivity index (χ1v) is 10.0. The summed E-state index contributed by atoms with van der Waals surface area (Å²) in [5, 5.41) is 9.12. The summed E-state index contributed by atoms with van der Waals surface area (Å²) in [6.07, 6.45) is 1.56. The quantitative estimate of drug-likeness (QED) is 0.493. The SMILES string of the molecule is O=C(CSC1C(=O)N(c2ccc(F)cc2)C1c1ccc(O)cc1)c1ccccn1. The number of aromatic nitrogens is 1. The second-order valence-electron chi connectivity index (χ2n) is 6.59. The Kier molecular flexibility index (Phi) is 5.31. The summed E-state index contributed by atoms with van der Waals surface area (Å²) in [6, 6.07) is 17.1. The number of aromatic hydroxyl groups is 1. The summed E-state index contributed by atoms with van der Waals surface area (Å²) < 4.78 is 13.3. The number of hydrogen-bond acceptors (Lipinski definition) is 5. The van der Waals surface area contributed by atoms with E-state index in [1.54, 1.807) is 65.7 Å². The third-order valence-electron chi connectivity index (χ3n) is 4.73. The number of ketones is 1. The Labute approximate surface area is 171 Å². The molecule has 146 valence electrons. The van der Waals surface area contributed by atoms with E-state index in [2.05, 4.69) is 4.98 Å². The molecule has 5 nitrogen and oxygen atoms in total. The number of pyridine rings is 1. The fourth-order valence-corrected chi connectivity index (χ4v) is 4.47. The van der Waals surface area contributed by atoms with Gasteiger partial charge in [-0.1, -0.05) is 18.2 Å². The Morgan fingerprint density at radius 1 is 1.07 bits per heavy atom. The van der Waals surface area contributed by atoms with E-state index in [0.29, 0.717) is 11.4 Å². The number of carbonyl (C=O) groups is 2. The number of phenols is 1. The molecule has 0 saturated carbocycles. The van der Waals surface area contributed by atoms with Crippen molar-refractivity contribution in [1.82, 2.24) is 4.98 Å². The highest BCUT2D eigenvalue weighted by Gasteiger charge is 2.49. The van der Waals surface area contributed by atoms with Crippen LogP contribution >= 0.6 is 11.8 Å². The van der Waals surface area contributed by atoms with Crippen molar-refractivity contribution in [2.24, 2.45) is 0 Å². The predicted octanol–water partition coefficient (Wildman–Crippen LogP) is 4.00. The molecule has 7 heteroatoms. The molecular formula is C22H17FN2O3S. The highest BCUT2D eigenvalue weighted by molar-refractivity contribution is 8.01. The number of carbonyl (C=O) groups excluding carboxylic acids is 2. The maximum absolute atomic E-state index is 13.3. The smallest absolute Gasteiger partial charge is 0.243 e. The van der Waals surface area contributed by atoms with Gasteiger partial charge in [-0.15, -0.1) is 11.8 Å². The second-order valence-corrected chi connectivity index (χ2v) is 7.72. The predicted molar refractivity (Wildman–Crippen MR) is 110 cm³/mol. The Morgan fingerprint density at radius 3 is 2.45 bits per heavy atom. The number of amides is 1. The van der Waals surface area contributed by atoms with Gasteiger partial charge in [-0.2, -0.15) is 0 Å². The molecule has 2 unspecified atom stereocenters. The molecule has 2 atom stereocenters. The zero-order valence-electron chi connectivity index (χ0n) is 15.2. The average Bonchev–Trinajstić information content (AvgIpc) is 2.74. The molecule has 1 amide bonds. The number of hydrogen-bond donors (Lipinski definition) is 1. The van der Waals surface area contributed by atoms with E-state index in [9.17, 15) is 19.1 Å². The summed E-state index contributed by atoms with van der Waals surface area (Å²) >= 11 is 1.27. The molecule has 29 heavy (non-hydrogen) atoms. The highest BCUT2D eigenvalue weighted by Crippen LogP contribution is 2.45. The van der Waals surface area contributed by atoms with Gasteiger partial charge in [0.05, 0.1) is 11.8 Å². The molecule has 1 aromatic heterocycles. The minimum absolute atomic E-state index is 0.124. The van der Waals surface area contributed by atoms with Crippen LogP contribution in [0.15, 0.2) is 72.9 Å². The molecule has 1 aliphatic rings. The zero-order chi connectivity index (χ0) is 20.4. The van der Waals surface area contributed by atoms with Crippen LogP contribution in [0.5, 0.6) is 5.75 Å². The second kappa shape index (κ2) is 8.05. The first-order valence-electron chi connectivity index (χ1n) is 8.98. The molecule has 0 radical (unpaired) electrons. The van der Waals surface area contributed by atoms with Crippen LogP contribution in [0.25, 0.3) is 0 Å². The number of thioether (sulfide) groups is 1. The van der Waals surface area contributed by atoms with Gasteiger partial charge < -0.3 is 10.0 Å². The summed E-state index contributed by atoms with van der Waals surface area (Å²) in [6.45, 7) is 0. The van der Waals surface area contributed by atoms with Gasteiger partial charge in [0.2, 0.25) is 5.91 Å². The number of β-lactam (4-membered cyclic amide) rings is 1. The molecule has 1 N–H and O–H groups in total. The van der Waals surface area contributed by atoms with Crippen molar-refractivity contribution in [3.8, 4) is 5.75 Å². The normalized spacial score (nSPS) is 18.4. The van der Waals surface area contributed by atoms with Gasteiger partial charge in [0.1, 0.15) is 22.5 Å². The fourth-order valence-electron chi connectivity index (χ4n) is 3.28. The topological polar surface area (TPSA) is 70.5 Å². The van der Waals surface area contributed by atoms with E-state index in [1.165, 1.54) is 23.9 Å². The van der Waals surface area contributed by atoms with Crippen molar-refractivity contribution < 1.29 is 19.1 Å². The molecule has 1 saturated heterocycles. The van der Waals surface area contributed by atoms with Crippen molar-refractivity contribution >= 4 is 29.1 Å². The van der Waals surface area contributed by atoms with E-state index < -0.39 is 5.25 Å². The van der Waals surface area contributed by atoms with Crippen molar-refractivity contribution in [3.63, 3.8) is 0 Å². The Bertz CT molecular complexity index is 1030. The lowest BCUT2D eigenvalue weighted by atomic mass is 9.92. The Hall–Kier alpha value is -3.19. The number of benzene rings is 2. The van der Waals surface area contributed by atoms with E-state index >= 15 is 0 Å². The molecule has 2 aromatic carbocycles. The van der Waals surface area contributed by atoms with E-state index in [4.69, 9.17) is 0 Å². The minimum Gasteiger partial charge on any atom is -0.508 e. The van der Waals surface area contributed by atoms with E-state index in [-0.39, 0.29) is 35.1 Å². The van der Waals surface area contributed by atoms with Crippen LogP contribution in [0.1, 0.15) is 22.1 Å². The molecule has 3 aromatic rings. The number of phenolic OH excluding ortho intramolecular Hbond substituents is 1. The maximum atomic E-state index is 13.3. The third kappa shape index (κ3) is 3.86. The lowest BCUT2D eigenvalue weighted by Gasteiger charge is -2.47. The van der Waals surface area contributed by atoms with Crippen molar-refractivity contribution in [3.05, 3.63) is 90.0 Å². The first kappa shape index (κ1) is 19.1. The molecule has 0 bridgehead atoms. The lowest BCUT2D eigenvalue weighted by molar-refractivity contribution is -0.123. The third-order valence-corrected chi connectivity index (χ3v) is 5.98. The molecule has 1 aliphatic heterocycles. The lowest BCUT2D eigenvalue weighted by Crippen LogP contribution is -2.57. The van der Waals surface area contributed by atoms with Crippen molar-refractivity contribution in [2.75, 3.05) is 10.7 Å². The molecule has 0 spiro atoms. The van der Waals surface area contributed by atoms with Crippen LogP contribution in [-0.4, -0.2) is 32.8 Å². The Balaban J connectivity index is 1.57.